The number of ether oxygens (including phenoxy) is 3. The summed E-state index contributed by atoms with van der Waals surface area (Å²) >= 11 is 0. The highest BCUT2D eigenvalue weighted by Crippen LogP contribution is 2.52. The Bertz CT molecular complexity index is 2470. The molecule has 27 nitrogen and oxygen atoms in total. The van der Waals surface area contributed by atoms with E-state index in [0.29, 0.717) is 0 Å². The number of nitrogens with two attached hydrogens (primary N) is 2. The molecule has 2 unspecified atom stereocenters. The number of phosphoric ester groups is 2. The number of aryl methyl sites for hydroxylation is 1. The number of hydrogen-bond acceptors (Lipinski definition) is 21. The van der Waals surface area contributed by atoms with Crippen molar-refractivity contribution >= 4 is 38.4 Å². The van der Waals surface area contributed by atoms with E-state index in [0.717, 1.165) is 32.6 Å². The normalized spacial score (nSPS) is 31.7. The molecule has 322 valence electrons. The summed E-state index contributed by atoms with van der Waals surface area (Å²) in [5.74, 6) is -0.216. The lowest BCUT2D eigenvalue weighted by Crippen LogP contribution is -2.36. The number of aliphatic hydroxyl groups excluding tert-OH is 3. The highest BCUT2D eigenvalue weighted by molar-refractivity contribution is 7.47. The number of H-pyrrole nitrogens is 1. The zero-order chi connectivity index (χ0) is 42.6. The number of alkyl halides is 1. The van der Waals surface area contributed by atoms with Crippen molar-refractivity contribution in [2.45, 2.75) is 80.9 Å². The molecule has 30 heteroatoms. The molecular weight excluding hydrogens is 841 g/mol. The maximum Gasteiger partial charge on any atom is 0.472 e. The number of hydrogen-bond donors (Lipinski definition) is 8. The van der Waals surface area contributed by atoms with E-state index < -0.39 is 120 Å². The summed E-state index contributed by atoms with van der Waals surface area (Å²) in [5, 5.41) is 31.0. The number of nitrogens with one attached hydrogen (secondary N) is 1. The van der Waals surface area contributed by atoms with Gasteiger partial charge in [-0.2, -0.15) is 4.98 Å². The largest absolute Gasteiger partial charge is 0.472 e. The van der Waals surface area contributed by atoms with Gasteiger partial charge in [-0.15, -0.1) is 0 Å². The summed E-state index contributed by atoms with van der Waals surface area (Å²) < 4.78 is 83.3. The van der Waals surface area contributed by atoms with Gasteiger partial charge in [0.2, 0.25) is 0 Å². The van der Waals surface area contributed by atoms with E-state index in [-0.39, 0.29) is 34.8 Å². The van der Waals surface area contributed by atoms with Gasteiger partial charge in [0, 0.05) is 24.4 Å². The Labute approximate surface area is 328 Å². The van der Waals surface area contributed by atoms with Crippen LogP contribution >= 0.6 is 15.6 Å². The number of anilines is 2. The fraction of sp³-hybridized carbons (Fsp3) is 0.552. The van der Waals surface area contributed by atoms with Crippen LogP contribution in [0.1, 0.15) is 30.7 Å². The van der Waals surface area contributed by atoms with Crippen molar-refractivity contribution in [3.05, 3.63) is 68.0 Å². The standard InChI is InChI=1S/C29H37FN10O17P2/c1-11-5-39(29(46)37-25(11)44)17-4-12(13(6-41)53-17)56-58(47,48)52-8-15-22(18(30)26(55-15)40-10-35-19-23(32)33-9-34-24(19)40)57-59(49,50)51-7-14-20(42)21(43)27(54-14)38-3-2-16(31)36-28(38)45/h2-3,5,9-10,12-15,17-18,20-22,26-27,41-43H,4,6-8H2,1H3,(H,47,48)(H,49,50)(H2,31,36,45)(H2,32,33,34)(H,37,44,46)/t12-,13+,14+,15+,17+,18+,20+,21+,22+,26+,27+/m0/s1. The maximum atomic E-state index is 16.4. The number of aromatic nitrogens is 8. The van der Waals surface area contributed by atoms with Crippen molar-refractivity contribution in [3.63, 3.8) is 0 Å². The second kappa shape index (κ2) is 16.6. The van der Waals surface area contributed by atoms with E-state index in [9.17, 15) is 48.6 Å². The zero-order valence-electron chi connectivity index (χ0n) is 30.3. The zero-order valence-corrected chi connectivity index (χ0v) is 32.0. The first-order chi connectivity index (χ1) is 27.9. The molecule has 0 aromatic carbocycles. The van der Waals surface area contributed by atoms with Crippen LogP contribution in [-0.4, -0.2) is 132 Å². The molecule has 0 amide bonds. The van der Waals surface area contributed by atoms with Crippen LogP contribution in [0.15, 0.2) is 45.5 Å². The molecule has 0 spiro atoms. The van der Waals surface area contributed by atoms with Gasteiger partial charge < -0.3 is 50.8 Å². The summed E-state index contributed by atoms with van der Waals surface area (Å²) in [4.78, 5) is 75.5. The molecule has 7 heterocycles. The first-order valence-corrected chi connectivity index (χ1v) is 20.3. The fourth-order valence-corrected chi connectivity index (χ4v) is 8.53. The average Bonchev–Trinajstić information content (AvgIpc) is 3.93. The lowest BCUT2D eigenvalue weighted by Gasteiger charge is -2.24. The van der Waals surface area contributed by atoms with Crippen molar-refractivity contribution in [2.24, 2.45) is 0 Å². The second-order valence-electron chi connectivity index (χ2n) is 13.4. The number of fused-ring (bicyclic) bond motifs is 1. The topological polar surface area (TPSA) is 385 Å². The summed E-state index contributed by atoms with van der Waals surface area (Å²) in [6.45, 7) is -1.34. The highest BCUT2D eigenvalue weighted by Gasteiger charge is 2.53. The molecule has 3 fully saturated rings. The fourth-order valence-electron chi connectivity index (χ4n) is 6.62. The minimum Gasteiger partial charge on any atom is -0.394 e. The number of nitrogen functional groups attached to an aromatic ring is 2. The van der Waals surface area contributed by atoms with Gasteiger partial charge in [-0.1, -0.05) is 0 Å². The van der Waals surface area contributed by atoms with Gasteiger partial charge in [-0.05, 0) is 13.0 Å². The Kier molecular flexibility index (Phi) is 12.0. The van der Waals surface area contributed by atoms with Crippen LogP contribution < -0.4 is 28.4 Å². The molecule has 3 aliphatic rings. The Morgan fingerprint density at radius 2 is 1.63 bits per heavy atom. The Morgan fingerprint density at radius 1 is 0.932 bits per heavy atom. The van der Waals surface area contributed by atoms with Crippen molar-refractivity contribution in [3.8, 4) is 0 Å². The molecule has 0 saturated carbocycles. The third kappa shape index (κ3) is 8.77. The summed E-state index contributed by atoms with van der Waals surface area (Å²) in [6.07, 6.45) is -14.3. The smallest absolute Gasteiger partial charge is 0.394 e. The van der Waals surface area contributed by atoms with Crippen LogP contribution in [0.4, 0.5) is 16.0 Å². The van der Waals surface area contributed by atoms with Crippen LogP contribution in [-0.2, 0) is 41.4 Å². The van der Waals surface area contributed by atoms with Crippen LogP contribution in [0.2, 0.25) is 0 Å². The molecular formula is C29H37FN10O17P2. The Balaban J connectivity index is 1.06. The van der Waals surface area contributed by atoms with E-state index in [1.807, 2.05) is 0 Å². The molecule has 59 heavy (non-hydrogen) atoms. The number of phosphoric acid groups is 2. The number of halogens is 1. The van der Waals surface area contributed by atoms with Crippen molar-refractivity contribution in [2.75, 3.05) is 31.3 Å². The summed E-state index contributed by atoms with van der Waals surface area (Å²) in [5.41, 5.74) is 9.03. The average molecular weight is 879 g/mol. The SMILES string of the molecule is Cc1cn([C@H]2C[C@H](OP(=O)(O)OC[C@H]3O[C@@H](n4cnc5c(N)ncnc54)[C@H](F)[C@@H]3OP(=O)(O)OC[C@H]3O[C@@H](n4ccc(N)nc4=O)[C@H](O)[C@@H]3O)[C@@H](CO)O2)c(=O)[nH]c1=O. The lowest BCUT2D eigenvalue weighted by molar-refractivity contribution is -0.0632. The number of nitrogens with zero attached hydrogens (tertiary/aromatic N) is 7. The Hall–Kier alpha value is -4.38. The monoisotopic (exact) mass is 878 g/mol. The third-order valence-corrected chi connectivity index (χ3v) is 11.5. The van der Waals surface area contributed by atoms with E-state index in [1.165, 1.54) is 19.2 Å². The number of rotatable bonds is 14. The number of aliphatic hydroxyl groups is 3. The quantitative estimate of drug-likeness (QED) is 0.0595. The molecule has 10 N–H and O–H groups in total. The van der Waals surface area contributed by atoms with E-state index in [1.54, 1.807) is 0 Å². The predicted octanol–water partition coefficient (Wildman–Crippen LogP) is -2.75. The molecule has 13 atom stereocenters. The first kappa shape index (κ1) is 42.7. The van der Waals surface area contributed by atoms with Crippen molar-refractivity contribution < 1.29 is 70.9 Å². The Morgan fingerprint density at radius 3 is 2.34 bits per heavy atom. The molecule has 3 saturated heterocycles. The maximum absolute atomic E-state index is 16.4. The van der Waals surface area contributed by atoms with E-state index in [4.69, 9.17) is 43.8 Å². The van der Waals surface area contributed by atoms with Gasteiger partial charge in [0.25, 0.3) is 5.56 Å². The summed E-state index contributed by atoms with van der Waals surface area (Å²) in [6, 6.07) is 1.22. The minimum atomic E-state index is -5.40. The van der Waals surface area contributed by atoms with Crippen LogP contribution in [0, 0.1) is 6.92 Å². The predicted molar refractivity (Wildman–Crippen MR) is 190 cm³/mol. The van der Waals surface area contributed by atoms with Gasteiger partial charge in [0.15, 0.2) is 30.1 Å². The molecule has 0 radical (unpaired) electrons. The third-order valence-electron chi connectivity index (χ3n) is 9.54. The molecule has 3 aliphatic heterocycles. The van der Waals surface area contributed by atoms with Gasteiger partial charge >= 0.3 is 27.0 Å². The van der Waals surface area contributed by atoms with Crippen molar-refractivity contribution in [1.29, 1.82) is 0 Å². The molecule has 4 aromatic rings. The number of aromatic amines is 1. The highest BCUT2D eigenvalue weighted by atomic mass is 31.2. The van der Waals surface area contributed by atoms with Crippen LogP contribution in [0.25, 0.3) is 11.2 Å². The van der Waals surface area contributed by atoms with Crippen molar-refractivity contribution in [1.82, 2.24) is 38.6 Å². The second-order valence-corrected chi connectivity index (χ2v) is 16.3. The minimum absolute atomic E-state index is 0.0346. The van der Waals surface area contributed by atoms with Gasteiger partial charge in [-0.25, -0.2) is 38.1 Å². The van der Waals surface area contributed by atoms with Gasteiger partial charge in [0.05, 0.1) is 26.1 Å². The van der Waals surface area contributed by atoms with E-state index in [2.05, 4.69) is 24.9 Å². The first-order valence-electron chi connectivity index (χ1n) is 17.3. The van der Waals surface area contributed by atoms with Gasteiger partial charge in [-0.3, -0.25) is 41.6 Å². The number of imidazole rings is 1. The van der Waals surface area contributed by atoms with Gasteiger partial charge in [0.1, 0.15) is 66.6 Å². The molecule has 7 rings (SSSR count). The van der Waals surface area contributed by atoms with Crippen LogP contribution in [0.3, 0.4) is 0 Å². The molecule has 0 aliphatic carbocycles. The van der Waals surface area contributed by atoms with Crippen LogP contribution in [0.5, 0.6) is 0 Å². The molecule has 0 bridgehead atoms. The van der Waals surface area contributed by atoms with E-state index >= 15 is 4.39 Å². The lowest BCUT2D eigenvalue weighted by atomic mass is 10.1. The summed E-state index contributed by atoms with van der Waals surface area (Å²) in [7, 11) is -10.6. The molecule has 4 aromatic heterocycles.